The second kappa shape index (κ2) is 18.3. The first-order chi connectivity index (χ1) is 30.1. The Hall–Kier alpha value is -2.86. The van der Waals surface area contributed by atoms with Crippen molar-refractivity contribution in [2.45, 2.75) is 0 Å². The molecule has 64 heavy (non-hydrogen) atoms. The van der Waals surface area contributed by atoms with Gasteiger partial charge in [-0.15, -0.1) is 0 Å². The Balaban J connectivity index is 0.000000191. The van der Waals surface area contributed by atoms with Crippen LogP contribution in [0.3, 0.4) is 0 Å². The molecule has 348 valence electrons. The Morgan fingerprint density at radius 3 is 0.797 bits per heavy atom. The predicted octanol–water partition coefficient (Wildman–Crippen LogP) is 6.61. The molecule has 0 radical (unpaired) electrons. The lowest BCUT2D eigenvalue weighted by molar-refractivity contribution is 0.451. The zero-order valence-electron chi connectivity index (χ0n) is 36.4. The average molecular weight is 999 g/mol. The Morgan fingerprint density at radius 2 is 0.594 bits per heavy atom. The van der Waals surface area contributed by atoms with Gasteiger partial charge < -0.3 is 27.8 Å². The number of fused-ring (bicyclic) bond motifs is 6. The van der Waals surface area contributed by atoms with Gasteiger partial charge in [-0.3, -0.25) is 23.4 Å². The number of hydrogen-bond donors (Lipinski definition) is 8. The summed E-state index contributed by atoms with van der Waals surface area (Å²) in [6.07, 6.45) is 0. The molecular formula is C32H56N22O4P6. The van der Waals surface area contributed by atoms with E-state index in [1.807, 2.05) is 97.1 Å². The summed E-state index contributed by atoms with van der Waals surface area (Å²) in [5.74, 6) is 52.5. The minimum absolute atomic E-state index is 0.565. The van der Waals surface area contributed by atoms with E-state index < -0.39 is 46.1 Å². The maximum atomic E-state index is 6.50. The maximum absolute atomic E-state index is 6.50. The number of benzene rings is 4. The lowest BCUT2D eigenvalue weighted by atomic mass is 10.0. The summed E-state index contributed by atoms with van der Waals surface area (Å²) >= 11 is 0. The summed E-state index contributed by atoms with van der Waals surface area (Å²) in [5.41, 5.74) is 3.41. The molecule has 0 bridgehead atoms. The van der Waals surface area contributed by atoms with Crippen molar-refractivity contribution in [2.75, 3.05) is 56.4 Å². The minimum Gasteiger partial charge on any atom is -0.478 e. The molecule has 2 spiro atoms. The molecule has 16 N–H and O–H groups in total. The Bertz CT molecular complexity index is 2310. The molecule has 4 aliphatic heterocycles. The van der Waals surface area contributed by atoms with Gasteiger partial charge in [-0.05, 0) is 33.3 Å². The van der Waals surface area contributed by atoms with Crippen molar-refractivity contribution in [1.82, 2.24) is 38.2 Å². The van der Waals surface area contributed by atoms with E-state index in [0.29, 0.717) is 23.0 Å². The lowest BCUT2D eigenvalue weighted by Crippen LogP contribution is -2.41. The minimum atomic E-state index is -3.48. The highest BCUT2D eigenvalue weighted by molar-refractivity contribution is 7.92. The number of nitrogens with zero attached hydrogens (tertiary/aromatic N) is 14. The quantitative estimate of drug-likeness (QED) is 0.0523. The van der Waals surface area contributed by atoms with Crippen LogP contribution in [0.15, 0.2) is 115 Å². The van der Waals surface area contributed by atoms with E-state index >= 15 is 0 Å². The fourth-order valence-electron chi connectivity index (χ4n) is 6.71. The third-order valence-corrected chi connectivity index (χ3v) is 29.6. The molecule has 0 saturated heterocycles. The Labute approximate surface area is 374 Å². The molecule has 4 heterocycles. The second-order valence-corrected chi connectivity index (χ2v) is 30.9. The normalized spacial score (nSPS) is 20.1. The summed E-state index contributed by atoms with van der Waals surface area (Å²) in [6.45, 7) is 0. The summed E-state index contributed by atoms with van der Waals surface area (Å²) in [5, 5.41) is 0. The Morgan fingerprint density at radius 1 is 0.375 bits per heavy atom. The van der Waals surface area contributed by atoms with Crippen LogP contribution >= 0.6 is 46.1 Å². The SMILES string of the molecule is CN(N)P1(N(C)N)=N[P+](N(C)N)(N(C)N)N=P2([N-]1)Oc1ccccc1-c1ccccc1O2.CN(N)P1(N(C)N)=N[P+](N(C)N)(N(C)N)N=P2([N-]1)Oc1ccccc1-c1ccccc1O2. The largest absolute Gasteiger partial charge is 0.478 e. The number of hydrogen-bond acceptors (Lipinski definition) is 24. The molecule has 4 aromatic carbocycles. The topological polar surface area (TPSA) is 349 Å². The molecule has 0 amide bonds. The number of hydrazine groups is 8. The van der Waals surface area contributed by atoms with E-state index in [0.717, 1.165) is 22.3 Å². The van der Waals surface area contributed by atoms with Crippen molar-refractivity contribution >= 4 is 46.1 Å². The van der Waals surface area contributed by atoms with Gasteiger partial charge >= 0.3 is 15.7 Å². The van der Waals surface area contributed by atoms with E-state index in [-0.39, 0.29) is 0 Å². The fraction of sp³-hybridized carbons (Fsp3) is 0.250. The van der Waals surface area contributed by atoms with E-state index in [2.05, 4.69) is 0 Å². The fourth-order valence-corrected chi connectivity index (χ4v) is 29.7. The van der Waals surface area contributed by atoms with Crippen LogP contribution in [0.4, 0.5) is 0 Å². The monoisotopic (exact) mass is 998 g/mol. The van der Waals surface area contributed by atoms with Crippen LogP contribution in [0.2, 0.25) is 0 Å². The van der Waals surface area contributed by atoms with Crippen molar-refractivity contribution in [1.29, 1.82) is 0 Å². The highest BCUT2D eigenvalue weighted by Gasteiger charge is 2.57. The van der Waals surface area contributed by atoms with Crippen molar-refractivity contribution < 1.29 is 18.1 Å². The van der Waals surface area contributed by atoms with Crippen LogP contribution in [-0.4, -0.2) is 94.6 Å². The van der Waals surface area contributed by atoms with Crippen molar-refractivity contribution in [3.63, 3.8) is 0 Å². The van der Waals surface area contributed by atoms with Crippen LogP contribution in [0.25, 0.3) is 32.0 Å². The van der Waals surface area contributed by atoms with Gasteiger partial charge in [0.1, 0.15) is 23.0 Å². The summed E-state index contributed by atoms with van der Waals surface area (Å²) in [7, 11) is -6.53. The van der Waals surface area contributed by atoms with E-state index in [1.165, 1.54) is 38.2 Å². The molecule has 0 unspecified atom stereocenters. The highest BCUT2D eigenvalue weighted by atomic mass is 31.3. The molecule has 0 fully saturated rings. The van der Waals surface area contributed by atoms with E-state index in [1.54, 1.807) is 56.4 Å². The first-order valence-electron chi connectivity index (χ1n) is 19.0. The van der Waals surface area contributed by atoms with Gasteiger partial charge in [0.15, 0.2) is 0 Å². The zero-order valence-corrected chi connectivity index (χ0v) is 41.8. The molecule has 0 aromatic heterocycles. The summed E-state index contributed by atoms with van der Waals surface area (Å²) in [4.78, 5) is 9.86. The van der Waals surface area contributed by atoms with Gasteiger partial charge in [0, 0.05) is 78.6 Å². The van der Waals surface area contributed by atoms with Crippen LogP contribution in [0.5, 0.6) is 23.0 Å². The van der Waals surface area contributed by atoms with Crippen molar-refractivity contribution in [2.24, 2.45) is 64.8 Å². The van der Waals surface area contributed by atoms with Gasteiger partial charge in [0.05, 0.1) is 15.0 Å². The summed E-state index contributed by atoms with van der Waals surface area (Å²) < 4.78 is 56.6. The van der Waals surface area contributed by atoms with Crippen LogP contribution < -0.4 is 64.8 Å². The lowest BCUT2D eigenvalue weighted by Gasteiger charge is -2.51. The number of rotatable bonds is 8. The van der Waals surface area contributed by atoms with Crippen LogP contribution in [0, 0.1) is 0 Å². The first kappa shape index (κ1) is 49.1. The third kappa shape index (κ3) is 8.52. The highest BCUT2D eigenvalue weighted by Crippen LogP contribution is 2.90. The molecule has 26 nitrogen and oxygen atoms in total. The second-order valence-electron chi connectivity index (χ2n) is 14.6. The van der Waals surface area contributed by atoms with Crippen LogP contribution in [0.1, 0.15) is 0 Å². The maximum Gasteiger partial charge on any atom is 0.431 e. The van der Waals surface area contributed by atoms with Crippen molar-refractivity contribution in [3.8, 4) is 45.3 Å². The van der Waals surface area contributed by atoms with E-state index in [4.69, 9.17) is 92.6 Å². The van der Waals surface area contributed by atoms with Gasteiger partial charge in [-0.25, -0.2) is 42.5 Å². The molecule has 4 aromatic rings. The molecule has 0 saturated carbocycles. The molecule has 0 aliphatic carbocycles. The van der Waals surface area contributed by atoms with Gasteiger partial charge in [-0.2, -0.15) is 0 Å². The summed E-state index contributed by atoms with van der Waals surface area (Å²) in [6, 6.07) is 30.4. The molecule has 32 heteroatoms. The molecule has 0 atom stereocenters. The Kier molecular flexibility index (Phi) is 14.0. The third-order valence-electron chi connectivity index (χ3n) is 9.80. The van der Waals surface area contributed by atoms with Gasteiger partial charge in [0.2, 0.25) is 0 Å². The van der Waals surface area contributed by atoms with E-state index in [9.17, 15) is 0 Å². The van der Waals surface area contributed by atoms with Gasteiger partial charge in [-0.1, -0.05) is 101 Å². The number of para-hydroxylation sites is 4. The average Bonchev–Trinajstić information content (AvgIpc) is 3.45. The number of nitrogens with two attached hydrogens (primary N) is 8. The smallest absolute Gasteiger partial charge is 0.431 e. The first-order valence-corrected chi connectivity index (χ1v) is 28.5. The molecule has 4 aliphatic rings. The van der Waals surface area contributed by atoms with Gasteiger partial charge in [0.25, 0.3) is 15.3 Å². The van der Waals surface area contributed by atoms with Crippen molar-refractivity contribution in [3.05, 3.63) is 107 Å². The zero-order chi connectivity index (χ0) is 46.6. The predicted molar refractivity (Wildman–Crippen MR) is 260 cm³/mol. The molecular weight excluding hydrogens is 942 g/mol. The standard InChI is InChI=1S/2C16H28N11O2P3/c2*1-24(17)30(25(2)18)21-31(26(3)19,27(4)20)23-32(22-30)28-15-11-7-5-9-13(15)14-10-6-8-12-16(14)29-32/h2*5-12H,17-20H2,1-4H3. The van der Waals surface area contributed by atoms with Crippen LogP contribution in [-0.2, 0) is 0 Å². The molecule has 8 rings (SSSR count).